The summed E-state index contributed by atoms with van der Waals surface area (Å²) in [6.07, 6.45) is 17.8. The highest BCUT2D eigenvalue weighted by molar-refractivity contribution is 5.48. The van der Waals surface area contributed by atoms with Crippen LogP contribution in [-0.4, -0.2) is 22.4 Å². The fourth-order valence-corrected chi connectivity index (χ4v) is 8.01. The van der Waals surface area contributed by atoms with E-state index in [0.29, 0.717) is 36.0 Å². The lowest BCUT2D eigenvalue weighted by Gasteiger charge is -2.66. The van der Waals surface area contributed by atoms with E-state index in [0.717, 1.165) is 19.3 Å². The number of rotatable bonds is 4. The normalized spacial score (nSPS) is 50.2. The Balaban J connectivity index is 1.48. The van der Waals surface area contributed by atoms with Gasteiger partial charge in [-0.2, -0.15) is 0 Å². The molecule has 1 unspecified atom stereocenters. The summed E-state index contributed by atoms with van der Waals surface area (Å²) in [7, 11) is 0. The molecular formula is C28H42O3. The van der Waals surface area contributed by atoms with Crippen LogP contribution in [0.25, 0.3) is 0 Å². The number of aliphatic hydroxyl groups is 1. The molecule has 3 nitrogen and oxygen atoms in total. The third-order valence-corrected chi connectivity index (χ3v) is 10.5. The van der Waals surface area contributed by atoms with E-state index in [4.69, 9.17) is 9.78 Å². The molecule has 0 aromatic rings. The predicted molar refractivity (Wildman–Crippen MR) is 124 cm³/mol. The maximum atomic E-state index is 10.4. The number of aliphatic hydroxyl groups excluding tert-OH is 1. The van der Waals surface area contributed by atoms with E-state index in [2.05, 4.69) is 71.9 Å². The first-order valence-corrected chi connectivity index (χ1v) is 12.7. The molecule has 0 radical (unpaired) electrons. The van der Waals surface area contributed by atoms with Gasteiger partial charge >= 0.3 is 0 Å². The van der Waals surface area contributed by atoms with Crippen LogP contribution in [0.15, 0.2) is 36.0 Å². The molecule has 0 amide bonds. The average molecular weight is 427 g/mol. The van der Waals surface area contributed by atoms with Gasteiger partial charge in [0.2, 0.25) is 0 Å². The van der Waals surface area contributed by atoms with E-state index in [9.17, 15) is 5.11 Å². The topological polar surface area (TPSA) is 38.7 Å². The summed E-state index contributed by atoms with van der Waals surface area (Å²) in [6, 6.07) is 0. The highest BCUT2D eigenvalue weighted by atomic mass is 17.2. The van der Waals surface area contributed by atoms with Gasteiger partial charge < -0.3 is 5.11 Å². The van der Waals surface area contributed by atoms with Crippen LogP contribution in [0.2, 0.25) is 0 Å². The SMILES string of the molecule is CC(C)[C@@H](C)/C=C/[C@@H](C)[C@H]1CC[C@@H]2[C@]1(C)CC=C1[C@]23C=CC2(C[C@@H](O)CC[C@]12C)OO3. The molecule has 3 heteroatoms. The van der Waals surface area contributed by atoms with Crippen molar-refractivity contribution < 1.29 is 14.9 Å². The summed E-state index contributed by atoms with van der Waals surface area (Å²) in [5.41, 5.74) is 0.656. The van der Waals surface area contributed by atoms with Crippen LogP contribution in [0.3, 0.4) is 0 Å². The van der Waals surface area contributed by atoms with E-state index in [1.54, 1.807) is 0 Å². The minimum atomic E-state index is -0.507. The van der Waals surface area contributed by atoms with Crippen molar-refractivity contribution in [3.63, 3.8) is 0 Å². The van der Waals surface area contributed by atoms with Crippen LogP contribution in [-0.2, 0) is 9.78 Å². The second-order valence-electron chi connectivity index (χ2n) is 12.3. The molecule has 6 aliphatic rings. The highest BCUT2D eigenvalue weighted by Gasteiger charge is 2.71. The Hall–Kier alpha value is -0.900. The molecule has 2 heterocycles. The van der Waals surface area contributed by atoms with Crippen molar-refractivity contribution in [1.82, 2.24) is 0 Å². The van der Waals surface area contributed by atoms with Gasteiger partial charge in [0.15, 0.2) is 0 Å². The zero-order valence-electron chi connectivity index (χ0n) is 20.4. The number of allylic oxidation sites excluding steroid dienone is 3. The van der Waals surface area contributed by atoms with Gasteiger partial charge in [0.05, 0.1) is 6.10 Å². The Morgan fingerprint density at radius 2 is 1.81 bits per heavy atom. The molecule has 1 N–H and O–H groups in total. The van der Waals surface area contributed by atoms with E-state index in [-0.39, 0.29) is 16.9 Å². The monoisotopic (exact) mass is 426 g/mol. The molecule has 2 saturated carbocycles. The molecular weight excluding hydrogens is 384 g/mol. The molecule has 172 valence electrons. The fourth-order valence-electron chi connectivity index (χ4n) is 8.01. The Labute approximate surface area is 188 Å². The standard InChI is InChI=1S/C28H42O3/c1-18(2)19(3)7-8-20(4)22-9-10-23-25(22,5)13-12-24-26(6)14-11-21(29)17-27(26)15-16-28(23,24)31-30-27/h7-8,12,15-16,18-23,29H,9-11,13-14,17H2,1-6H3/b8-7+/t19-,20+,21-,22+,23+,25+,26+,27?,28-/m0/s1. The molecule has 4 aliphatic carbocycles. The second kappa shape index (κ2) is 7.05. The third kappa shape index (κ3) is 2.82. The van der Waals surface area contributed by atoms with Crippen LogP contribution in [0.5, 0.6) is 0 Å². The summed E-state index contributed by atoms with van der Waals surface area (Å²) in [6.45, 7) is 14.2. The molecule has 0 aromatic heterocycles. The van der Waals surface area contributed by atoms with Gasteiger partial charge in [-0.15, -0.1) is 0 Å². The summed E-state index contributed by atoms with van der Waals surface area (Å²) in [5, 5.41) is 10.4. The molecule has 9 atom stereocenters. The molecule has 1 saturated heterocycles. The van der Waals surface area contributed by atoms with Gasteiger partial charge in [-0.25, -0.2) is 9.78 Å². The number of fused-ring (bicyclic) bond motifs is 2. The second-order valence-corrected chi connectivity index (χ2v) is 12.3. The lowest BCUT2D eigenvalue weighted by Crippen LogP contribution is -2.69. The summed E-state index contributed by atoms with van der Waals surface area (Å²) in [4.78, 5) is 12.6. The maximum Gasteiger partial charge on any atom is 0.147 e. The van der Waals surface area contributed by atoms with Crippen molar-refractivity contribution in [2.45, 2.75) is 97.4 Å². The Morgan fingerprint density at radius 1 is 1.03 bits per heavy atom. The smallest absolute Gasteiger partial charge is 0.147 e. The van der Waals surface area contributed by atoms with Gasteiger partial charge in [-0.3, -0.25) is 0 Å². The molecule has 3 fully saturated rings. The predicted octanol–water partition coefficient (Wildman–Crippen LogP) is 6.39. The van der Waals surface area contributed by atoms with Crippen LogP contribution in [0.1, 0.15) is 80.1 Å². The zero-order valence-corrected chi connectivity index (χ0v) is 20.4. The molecule has 31 heavy (non-hydrogen) atoms. The third-order valence-electron chi connectivity index (χ3n) is 10.5. The van der Waals surface area contributed by atoms with Gasteiger partial charge in [0.1, 0.15) is 11.2 Å². The largest absolute Gasteiger partial charge is 0.393 e. The van der Waals surface area contributed by atoms with Crippen molar-refractivity contribution in [2.75, 3.05) is 0 Å². The summed E-state index contributed by atoms with van der Waals surface area (Å²) < 4.78 is 0. The number of hydrogen-bond donors (Lipinski definition) is 1. The van der Waals surface area contributed by atoms with E-state index >= 15 is 0 Å². The lowest BCUT2D eigenvalue weighted by atomic mass is 9.47. The van der Waals surface area contributed by atoms with E-state index < -0.39 is 11.2 Å². The van der Waals surface area contributed by atoms with Crippen molar-refractivity contribution in [3.05, 3.63) is 36.0 Å². The van der Waals surface area contributed by atoms with Crippen LogP contribution < -0.4 is 0 Å². The van der Waals surface area contributed by atoms with Crippen molar-refractivity contribution >= 4 is 0 Å². The molecule has 6 rings (SSSR count). The molecule has 2 aliphatic heterocycles. The fraction of sp³-hybridized carbons (Fsp3) is 0.786. The van der Waals surface area contributed by atoms with Gasteiger partial charge in [-0.05, 0) is 78.9 Å². The first kappa shape index (κ1) is 21.9. The molecule has 2 bridgehead atoms. The van der Waals surface area contributed by atoms with Gasteiger partial charge in [0.25, 0.3) is 0 Å². The zero-order chi connectivity index (χ0) is 22.2. The van der Waals surface area contributed by atoms with Gasteiger partial charge in [0, 0.05) is 17.8 Å². The Bertz CT molecular complexity index is 826. The first-order valence-electron chi connectivity index (χ1n) is 12.7. The molecule has 0 aromatic carbocycles. The highest BCUT2D eigenvalue weighted by Crippen LogP contribution is 2.71. The lowest BCUT2D eigenvalue weighted by molar-refractivity contribution is -0.455. The van der Waals surface area contributed by atoms with Crippen molar-refractivity contribution in [1.29, 1.82) is 0 Å². The Morgan fingerprint density at radius 3 is 2.48 bits per heavy atom. The van der Waals surface area contributed by atoms with Crippen LogP contribution >= 0.6 is 0 Å². The quantitative estimate of drug-likeness (QED) is 0.418. The van der Waals surface area contributed by atoms with Crippen LogP contribution in [0, 0.1) is 40.4 Å². The summed E-state index contributed by atoms with van der Waals surface area (Å²) in [5.74, 6) is 2.98. The summed E-state index contributed by atoms with van der Waals surface area (Å²) >= 11 is 0. The van der Waals surface area contributed by atoms with E-state index in [1.165, 1.54) is 18.4 Å². The minimum Gasteiger partial charge on any atom is -0.393 e. The van der Waals surface area contributed by atoms with Gasteiger partial charge in [-0.1, -0.05) is 59.8 Å². The Kier molecular flexibility index (Phi) is 4.98. The first-order chi connectivity index (χ1) is 14.6. The van der Waals surface area contributed by atoms with Crippen LogP contribution in [0.4, 0.5) is 0 Å². The van der Waals surface area contributed by atoms with Crippen molar-refractivity contribution in [3.8, 4) is 0 Å². The number of hydrogen-bond acceptors (Lipinski definition) is 3. The minimum absolute atomic E-state index is 0.0726. The van der Waals surface area contributed by atoms with E-state index in [1.807, 2.05) is 0 Å². The molecule has 2 spiro atoms. The maximum absolute atomic E-state index is 10.4. The average Bonchev–Trinajstić information content (AvgIpc) is 3.09. The van der Waals surface area contributed by atoms with Crippen molar-refractivity contribution in [2.24, 2.45) is 40.4 Å².